The normalized spacial score (nSPS) is 32.3. The van der Waals surface area contributed by atoms with Crippen molar-refractivity contribution in [2.75, 3.05) is 44.9 Å². The second-order valence-electron chi connectivity index (χ2n) is 6.17. The fourth-order valence-corrected chi connectivity index (χ4v) is 5.23. The molecule has 2 heterocycles. The van der Waals surface area contributed by atoms with Crippen LogP contribution >= 0.6 is 0 Å². The number of nitrogens with zero attached hydrogens (tertiary/aromatic N) is 1. The third kappa shape index (κ3) is 5.04. The molecule has 0 saturated carbocycles. The highest BCUT2D eigenvalue weighted by atomic mass is 32.2. The van der Waals surface area contributed by atoms with E-state index in [1.54, 1.807) is 7.11 Å². The van der Waals surface area contributed by atoms with Gasteiger partial charge in [-0.2, -0.15) is 0 Å². The summed E-state index contributed by atoms with van der Waals surface area (Å²) < 4.78 is 28.2. The van der Waals surface area contributed by atoms with Gasteiger partial charge in [-0.3, -0.25) is 0 Å². The second-order valence-corrected chi connectivity index (χ2v) is 8.40. The van der Waals surface area contributed by atoms with Crippen molar-refractivity contribution in [3.63, 3.8) is 0 Å². The molecule has 2 aliphatic rings. The molecule has 0 amide bonds. The summed E-state index contributed by atoms with van der Waals surface area (Å²) in [6.07, 6.45) is 5.84. The highest BCUT2D eigenvalue weighted by Crippen LogP contribution is 2.24. The fourth-order valence-electron chi connectivity index (χ4n) is 3.38. The smallest absolute Gasteiger partial charge is 0.150 e. The Morgan fingerprint density at radius 2 is 2.05 bits per heavy atom. The van der Waals surface area contributed by atoms with Gasteiger partial charge in [-0.25, -0.2) is 8.42 Å². The summed E-state index contributed by atoms with van der Waals surface area (Å²) in [6.45, 7) is 4.08. The predicted octanol–water partition coefficient (Wildman–Crippen LogP) is 1.56. The van der Waals surface area contributed by atoms with Gasteiger partial charge in [0.25, 0.3) is 0 Å². The summed E-state index contributed by atoms with van der Waals surface area (Å²) in [6, 6.07) is 0. The van der Waals surface area contributed by atoms with Crippen LogP contribution in [0.2, 0.25) is 0 Å². The molecule has 2 rings (SSSR count). The van der Waals surface area contributed by atoms with Crippen LogP contribution in [-0.4, -0.2) is 58.2 Å². The minimum absolute atomic E-state index is 0.367. The molecule has 0 aromatic rings. The maximum atomic E-state index is 11.5. The average molecular weight is 289 g/mol. The van der Waals surface area contributed by atoms with Gasteiger partial charge in [0.15, 0.2) is 9.84 Å². The third-order valence-corrected chi connectivity index (χ3v) is 6.26. The Bertz CT molecular complexity index is 369. The van der Waals surface area contributed by atoms with Crippen LogP contribution in [0.15, 0.2) is 0 Å². The molecule has 0 bridgehead atoms. The molecule has 2 fully saturated rings. The van der Waals surface area contributed by atoms with Crippen molar-refractivity contribution in [1.29, 1.82) is 0 Å². The molecular weight excluding hydrogens is 262 g/mol. The number of hydrogen-bond acceptors (Lipinski definition) is 4. The number of methoxy groups -OCH3 is 1. The van der Waals surface area contributed by atoms with Crippen LogP contribution in [0.4, 0.5) is 0 Å². The first-order valence-corrected chi connectivity index (χ1v) is 9.33. The SMILES string of the molecule is COCC[C@@H]1CCCCN(C[C@H]2CCS(=O)(=O)C2)C1. The lowest BCUT2D eigenvalue weighted by atomic mass is 10.00. The first-order valence-electron chi connectivity index (χ1n) is 7.51. The largest absolute Gasteiger partial charge is 0.385 e. The molecule has 0 aromatic carbocycles. The van der Waals surface area contributed by atoms with Gasteiger partial charge in [0.1, 0.15) is 0 Å². The Morgan fingerprint density at radius 3 is 2.74 bits per heavy atom. The fraction of sp³-hybridized carbons (Fsp3) is 1.00. The Labute approximate surface area is 117 Å². The monoisotopic (exact) mass is 289 g/mol. The number of likely N-dealkylation sites (tertiary alicyclic amines) is 1. The van der Waals surface area contributed by atoms with E-state index in [-0.39, 0.29) is 0 Å². The first-order chi connectivity index (χ1) is 9.09. The van der Waals surface area contributed by atoms with Crippen LogP contribution in [0, 0.1) is 11.8 Å². The lowest BCUT2D eigenvalue weighted by Crippen LogP contribution is -2.34. The van der Waals surface area contributed by atoms with Gasteiger partial charge in [0.05, 0.1) is 11.5 Å². The van der Waals surface area contributed by atoms with E-state index in [1.807, 2.05) is 0 Å². The van der Waals surface area contributed by atoms with E-state index in [1.165, 1.54) is 19.3 Å². The summed E-state index contributed by atoms with van der Waals surface area (Å²) >= 11 is 0. The quantitative estimate of drug-likeness (QED) is 0.770. The molecule has 112 valence electrons. The van der Waals surface area contributed by atoms with Crippen molar-refractivity contribution in [1.82, 2.24) is 4.90 Å². The van der Waals surface area contributed by atoms with Gasteiger partial charge in [-0.1, -0.05) is 6.42 Å². The lowest BCUT2D eigenvalue weighted by Gasteiger charge is -2.26. The van der Waals surface area contributed by atoms with Crippen molar-refractivity contribution < 1.29 is 13.2 Å². The minimum atomic E-state index is -2.73. The molecule has 5 heteroatoms. The van der Waals surface area contributed by atoms with Gasteiger partial charge < -0.3 is 9.64 Å². The number of sulfone groups is 1. The standard InChI is InChI=1S/C14H27NO3S/c1-18-8-5-13-4-2-3-7-15(10-13)11-14-6-9-19(16,17)12-14/h13-14H,2-12H2,1H3/t13-,14+/m0/s1. The van der Waals surface area contributed by atoms with Crippen molar-refractivity contribution in [3.05, 3.63) is 0 Å². The number of ether oxygens (including phenoxy) is 1. The van der Waals surface area contributed by atoms with Gasteiger partial charge in [0, 0.05) is 26.8 Å². The van der Waals surface area contributed by atoms with Crippen LogP contribution < -0.4 is 0 Å². The maximum absolute atomic E-state index is 11.5. The Balaban J connectivity index is 1.81. The predicted molar refractivity (Wildman–Crippen MR) is 77.0 cm³/mol. The molecule has 2 aliphatic heterocycles. The van der Waals surface area contributed by atoms with Crippen molar-refractivity contribution in [3.8, 4) is 0 Å². The van der Waals surface area contributed by atoms with Gasteiger partial charge in [0.2, 0.25) is 0 Å². The van der Waals surface area contributed by atoms with Crippen LogP contribution in [0.3, 0.4) is 0 Å². The zero-order chi connectivity index (χ0) is 13.7. The molecule has 0 aromatic heterocycles. The van der Waals surface area contributed by atoms with Gasteiger partial charge in [-0.15, -0.1) is 0 Å². The summed E-state index contributed by atoms with van der Waals surface area (Å²) in [5.74, 6) is 1.90. The van der Waals surface area contributed by atoms with E-state index in [0.29, 0.717) is 17.4 Å². The van der Waals surface area contributed by atoms with Gasteiger partial charge >= 0.3 is 0 Å². The topological polar surface area (TPSA) is 46.6 Å². The third-order valence-electron chi connectivity index (χ3n) is 4.43. The zero-order valence-electron chi connectivity index (χ0n) is 12.0. The van der Waals surface area contributed by atoms with E-state index >= 15 is 0 Å². The summed E-state index contributed by atoms with van der Waals surface area (Å²) in [4.78, 5) is 2.50. The summed E-state index contributed by atoms with van der Waals surface area (Å²) in [7, 11) is -0.968. The Hall–Kier alpha value is -0.130. The van der Waals surface area contributed by atoms with Crippen molar-refractivity contribution in [2.45, 2.75) is 32.1 Å². The maximum Gasteiger partial charge on any atom is 0.150 e. The van der Waals surface area contributed by atoms with E-state index in [0.717, 1.165) is 45.0 Å². The van der Waals surface area contributed by atoms with E-state index < -0.39 is 9.84 Å². The molecule has 0 radical (unpaired) electrons. The lowest BCUT2D eigenvalue weighted by molar-refractivity contribution is 0.155. The van der Waals surface area contributed by atoms with E-state index in [9.17, 15) is 8.42 Å². The highest BCUT2D eigenvalue weighted by molar-refractivity contribution is 7.91. The van der Waals surface area contributed by atoms with Gasteiger partial charge in [-0.05, 0) is 44.1 Å². The highest BCUT2D eigenvalue weighted by Gasteiger charge is 2.30. The van der Waals surface area contributed by atoms with Crippen LogP contribution in [-0.2, 0) is 14.6 Å². The van der Waals surface area contributed by atoms with E-state index in [2.05, 4.69) is 4.90 Å². The molecule has 0 aliphatic carbocycles. The minimum Gasteiger partial charge on any atom is -0.385 e. The molecule has 2 atom stereocenters. The zero-order valence-corrected chi connectivity index (χ0v) is 12.8. The van der Waals surface area contributed by atoms with Crippen molar-refractivity contribution in [2.24, 2.45) is 11.8 Å². The molecule has 2 saturated heterocycles. The van der Waals surface area contributed by atoms with Crippen molar-refractivity contribution >= 4 is 9.84 Å². The Kier molecular flexibility index (Phi) is 5.66. The summed E-state index contributed by atoms with van der Waals surface area (Å²) in [5, 5.41) is 0. The molecule has 0 N–H and O–H groups in total. The molecular formula is C14H27NO3S. The number of rotatable bonds is 5. The molecule has 0 unspecified atom stereocenters. The first kappa shape index (κ1) is 15.3. The number of hydrogen-bond donors (Lipinski definition) is 0. The van der Waals surface area contributed by atoms with Crippen LogP contribution in [0.25, 0.3) is 0 Å². The van der Waals surface area contributed by atoms with E-state index in [4.69, 9.17) is 4.74 Å². The van der Waals surface area contributed by atoms with Crippen LogP contribution in [0.1, 0.15) is 32.1 Å². The second kappa shape index (κ2) is 7.04. The molecule has 0 spiro atoms. The Morgan fingerprint density at radius 1 is 1.21 bits per heavy atom. The molecule has 19 heavy (non-hydrogen) atoms. The van der Waals surface area contributed by atoms with Crippen LogP contribution in [0.5, 0.6) is 0 Å². The average Bonchev–Trinajstić information content (AvgIpc) is 2.58. The molecule has 4 nitrogen and oxygen atoms in total. The summed E-state index contributed by atoms with van der Waals surface area (Å²) in [5.41, 5.74) is 0.